The second kappa shape index (κ2) is 6.49. The van der Waals surface area contributed by atoms with Crippen LogP contribution in [0.1, 0.15) is 16.8 Å². The van der Waals surface area contributed by atoms with Crippen LogP contribution in [0.25, 0.3) is 10.2 Å². The molecule has 4 rings (SSSR count). The first-order valence-corrected chi connectivity index (χ1v) is 9.32. The average molecular weight is 403 g/mol. The Hall–Kier alpha value is -1.99. The summed E-state index contributed by atoms with van der Waals surface area (Å²) >= 11 is 5.08. The molecule has 0 unspecified atom stereocenters. The third kappa shape index (κ3) is 3.01. The standard InChI is InChI=1S/C17H15BrN4OS/c18-14-8-13-15(19-10-20-16(13)24-14)21-12-6-7-22(9-12)17(23)11-4-2-1-3-5-11/h1-5,8,10,12H,6-7,9H2,(H,19,20,21)/t12-/m0/s1. The van der Waals surface area contributed by atoms with E-state index in [0.29, 0.717) is 6.54 Å². The topological polar surface area (TPSA) is 58.1 Å². The van der Waals surface area contributed by atoms with Crippen molar-refractivity contribution in [2.24, 2.45) is 0 Å². The van der Waals surface area contributed by atoms with Gasteiger partial charge in [-0.15, -0.1) is 11.3 Å². The van der Waals surface area contributed by atoms with Crippen molar-refractivity contribution in [3.05, 3.63) is 52.1 Å². The Morgan fingerprint density at radius 1 is 1.29 bits per heavy atom. The lowest BCUT2D eigenvalue weighted by Gasteiger charge is -2.17. The van der Waals surface area contributed by atoms with E-state index >= 15 is 0 Å². The molecule has 24 heavy (non-hydrogen) atoms. The Labute approximate surface area is 151 Å². The van der Waals surface area contributed by atoms with Crippen LogP contribution >= 0.6 is 27.3 Å². The molecule has 1 aliphatic heterocycles. The Morgan fingerprint density at radius 2 is 2.12 bits per heavy atom. The number of nitrogens with zero attached hydrogens (tertiary/aromatic N) is 3. The number of amides is 1. The van der Waals surface area contributed by atoms with Gasteiger partial charge in [0.2, 0.25) is 0 Å². The van der Waals surface area contributed by atoms with Gasteiger partial charge in [0, 0.05) is 24.7 Å². The smallest absolute Gasteiger partial charge is 0.253 e. The Bertz CT molecular complexity index is 883. The SMILES string of the molecule is O=C(c1ccccc1)N1CC[C@H](Nc2ncnc3sc(Br)cc23)C1. The summed E-state index contributed by atoms with van der Waals surface area (Å²) in [6, 6.07) is 11.7. The van der Waals surface area contributed by atoms with E-state index in [-0.39, 0.29) is 11.9 Å². The molecule has 1 atom stereocenters. The largest absolute Gasteiger partial charge is 0.365 e. The first-order chi connectivity index (χ1) is 11.7. The van der Waals surface area contributed by atoms with E-state index in [1.54, 1.807) is 17.7 Å². The monoisotopic (exact) mass is 402 g/mol. The second-order valence-corrected chi connectivity index (χ2v) is 8.15. The van der Waals surface area contributed by atoms with E-state index in [2.05, 4.69) is 31.2 Å². The van der Waals surface area contributed by atoms with Gasteiger partial charge in [-0.25, -0.2) is 9.97 Å². The third-order valence-electron chi connectivity index (χ3n) is 4.14. The maximum Gasteiger partial charge on any atom is 0.253 e. The summed E-state index contributed by atoms with van der Waals surface area (Å²) in [5, 5.41) is 4.49. The highest BCUT2D eigenvalue weighted by Gasteiger charge is 2.27. The van der Waals surface area contributed by atoms with E-state index < -0.39 is 0 Å². The van der Waals surface area contributed by atoms with E-state index in [1.165, 1.54) is 0 Å². The molecule has 3 heterocycles. The number of rotatable bonds is 3. The van der Waals surface area contributed by atoms with E-state index in [1.807, 2.05) is 41.3 Å². The highest BCUT2D eigenvalue weighted by Crippen LogP contribution is 2.32. The molecular weight excluding hydrogens is 388 g/mol. The normalized spacial score (nSPS) is 17.4. The first kappa shape index (κ1) is 15.5. The van der Waals surface area contributed by atoms with Crippen molar-refractivity contribution in [3.8, 4) is 0 Å². The van der Waals surface area contributed by atoms with Gasteiger partial charge in [0.25, 0.3) is 5.91 Å². The number of hydrogen-bond acceptors (Lipinski definition) is 5. The Morgan fingerprint density at radius 3 is 2.96 bits per heavy atom. The van der Waals surface area contributed by atoms with Crippen molar-refractivity contribution in [1.82, 2.24) is 14.9 Å². The van der Waals surface area contributed by atoms with Gasteiger partial charge in [0.05, 0.1) is 9.17 Å². The van der Waals surface area contributed by atoms with Crippen molar-refractivity contribution in [2.75, 3.05) is 18.4 Å². The van der Waals surface area contributed by atoms with Crippen LogP contribution < -0.4 is 5.32 Å². The van der Waals surface area contributed by atoms with Crippen molar-refractivity contribution in [1.29, 1.82) is 0 Å². The number of anilines is 1. The molecule has 1 saturated heterocycles. The Balaban J connectivity index is 1.48. The molecule has 122 valence electrons. The second-order valence-electron chi connectivity index (χ2n) is 5.74. The number of aromatic nitrogens is 2. The van der Waals surface area contributed by atoms with Gasteiger partial charge in [-0.1, -0.05) is 18.2 Å². The molecule has 1 aliphatic rings. The fraction of sp³-hybridized carbons (Fsp3) is 0.235. The minimum Gasteiger partial charge on any atom is -0.365 e. The van der Waals surface area contributed by atoms with E-state index in [4.69, 9.17) is 0 Å². The number of benzene rings is 1. The number of nitrogens with one attached hydrogen (secondary N) is 1. The quantitative estimate of drug-likeness (QED) is 0.723. The molecule has 2 aromatic heterocycles. The summed E-state index contributed by atoms with van der Waals surface area (Å²) in [7, 11) is 0. The summed E-state index contributed by atoms with van der Waals surface area (Å²) < 4.78 is 1.04. The maximum atomic E-state index is 12.5. The van der Waals surface area contributed by atoms with Crippen LogP contribution in [0.4, 0.5) is 5.82 Å². The van der Waals surface area contributed by atoms with Crippen LogP contribution in [0.5, 0.6) is 0 Å². The Kier molecular flexibility index (Phi) is 4.20. The van der Waals surface area contributed by atoms with Crippen LogP contribution in [0.3, 0.4) is 0 Å². The number of hydrogen-bond donors (Lipinski definition) is 1. The minimum absolute atomic E-state index is 0.0889. The predicted molar refractivity (Wildman–Crippen MR) is 99.5 cm³/mol. The van der Waals surface area contributed by atoms with Gasteiger partial charge < -0.3 is 10.2 Å². The van der Waals surface area contributed by atoms with Gasteiger partial charge in [-0.2, -0.15) is 0 Å². The molecule has 3 aromatic rings. The minimum atomic E-state index is 0.0889. The summed E-state index contributed by atoms with van der Waals surface area (Å²) in [5.74, 6) is 0.923. The molecule has 5 nitrogen and oxygen atoms in total. The van der Waals surface area contributed by atoms with Crippen molar-refractivity contribution in [2.45, 2.75) is 12.5 Å². The van der Waals surface area contributed by atoms with Crippen LogP contribution in [0.2, 0.25) is 0 Å². The number of halogens is 1. The molecule has 7 heteroatoms. The number of fused-ring (bicyclic) bond motifs is 1. The molecule has 0 saturated carbocycles. The summed E-state index contributed by atoms with van der Waals surface area (Å²) in [6.07, 6.45) is 2.49. The zero-order valence-corrected chi connectivity index (χ0v) is 15.2. The van der Waals surface area contributed by atoms with Crippen LogP contribution in [-0.2, 0) is 0 Å². The highest BCUT2D eigenvalue weighted by molar-refractivity contribution is 9.11. The zero-order chi connectivity index (χ0) is 16.5. The maximum absolute atomic E-state index is 12.5. The molecule has 1 aromatic carbocycles. The van der Waals surface area contributed by atoms with Gasteiger partial charge in [0.1, 0.15) is 17.0 Å². The molecule has 0 aliphatic carbocycles. The van der Waals surface area contributed by atoms with Crippen molar-refractivity contribution in [3.63, 3.8) is 0 Å². The van der Waals surface area contributed by atoms with Crippen LogP contribution in [0, 0.1) is 0 Å². The first-order valence-electron chi connectivity index (χ1n) is 7.71. The molecule has 0 bridgehead atoms. The zero-order valence-electron chi connectivity index (χ0n) is 12.8. The molecule has 1 amide bonds. The van der Waals surface area contributed by atoms with Crippen molar-refractivity contribution < 1.29 is 4.79 Å². The van der Waals surface area contributed by atoms with E-state index in [0.717, 1.165) is 38.3 Å². The molecule has 1 fully saturated rings. The summed E-state index contributed by atoms with van der Waals surface area (Å²) in [5.41, 5.74) is 0.740. The summed E-state index contributed by atoms with van der Waals surface area (Å²) in [6.45, 7) is 1.44. The van der Waals surface area contributed by atoms with Crippen LogP contribution in [0.15, 0.2) is 46.5 Å². The number of likely N-dealkylation sites (tertiary alicyclic amines) is 1. The number of carbonyl (C=O) groups excluding carboxylic acids is 1. The fourth-order valence-electron chi connectivity index (χ4n) is 2.96. The van der Waals surface area contributed by atoms with Gasteiger partial charge in [0.15, 0.2) is 0 Å². The van der Waals surface area contributed by atoms with Crippen molar-refractivity contribution >= 4 is 49.2 Å². The third-order valence-corrected chi connectivity index (χ3v) is 5.68. The highest BCUT2D eigenvalue weighted by atomic mass is 79.9. The van der Waals surface area contributed by atoms with Crippen LogP contribution in [-0.4, -0.2) is 39.9 Å². The molecular formula is C17H15BrN4OS. The predicted octanol–water partition coefficient (Wildman–Crippen LogP) is 3.78. The summed E-state index contributed by atoms with van der Waals surface area (Å²) in [4.78, 5) is 24.0. The molecule has 1 N–H and O–H groups in total. The lowest BCUT2D eigenvalue weighted by atomic mass is 10.2. The molecule has 0 radical (unpaired) electrons. The lowest BCUT2D eigenvalue weighted by Crippen LogP contribution is -2.31. The fourth-order valence-corrected chi connectivity index (χ4v) is 4.38. The molecule has 0 spiro atoms. The average Bonchev–Trinajstić information content (AvgIpc) is 3.21. The van der Waals surface area contributed by atoms with Gasteiger partial charge in [-0.05, 0) is 40.5 Å². The van der Waals surface area contributed by atoms with Gasteiger partial charge >= 0.3 is 0 Å². The van der Waals surface area contributed by atoms with E-state index in [9.17, 15) is 4.79 Å². The number of thiophene rings is 1. The van der Waals surface area contributed by atoms with Gasteiger partial charge in [-0.3, -0.25) is 4.79 Å². The lowest BCUT2D eigenvalue weighted by molar-refractivity contribution is 0.0791. The number of carbonyl (C=O) groups is 1.